The van der Waals surface area contributed by atoms with Crippen molar-refractivity contribution in [2.45, 2.75) is 31.1 Å². The number of methoxy groups -OCH3 is 1. The molecule has 0 bridgehead atoms. The fraction of sp³-hybridized carbons (Fsp3) is 0.306. The Hall–Kier alpha value is -4.96. The van der Waals surface area contributed by atoms with Gasteiger partial charge in [-0.05, 0) is 55.5 Å². The van der Waals surface area contributed by atoms with Crippen LogP contribution in [-0.4, -0.2) is 53.4 Å². The van der Waals surface area contributed by atoms with Crippen molar-refractivity contribution in [1.82, 2.24) is 4.90 Å². The van der Waals surface area contributed by atoms with Crippen LogP contribution >= 0.6 is 11.6 Å². The predicted octanol–water partition coefficient (Wildman–Crippen LogP) is 5.37. The molecule has 5 amide bonds. The molecule has 3 fully saturated rings. The number of anilines is 1. The number of phenolic OH excluding ortho intramolecular Hbond substituents is 1. The van der Waals surface area contributed by atoms with Crippen LogP contribution in [0.5, 0.6) is 11.5 Å². The summed E-state index contributed by atoms with van der Waals surface area (Å²) in [7, 11) is 1.10. The summed E-state index contributed by atoms with van der Waals surface area (Å²) in [4.78, 5) is 71.6. The normalized spacial score (nSPS) is 28.1. The highest BCUT2D eigenvalue weighted by Gasteiger charge is 2.70. The second kappa shape index (κ2) is 11.4. The minimum atomic E-state index is -1.56. The molecule has 1 N–H and O–H groups in total. The van der Waals surface area contributed by atoms with Gasteiger partial charge in [-0.15, -0.1) is 0 Å². The van der Waals surface area contributed by atoms with Crippen LogP contribution in [0.4, 0.5) is 10.5 Å². The molecular weight excluding hydrogens is 624 g/mol. The number of phenols is 1. The Morgan fingerprint density at radius 2 is 1.70 bits per heavy atom. The van der Waals surface area contributed by atoms with Gasteiger partial charge in [0.15, 0.2) is 11.5 Å². The first kappa shape index (κ1) is 30.7. The number of likely N-dealkylation sites (tertiary alicyclic amines) is 1. The summed E-state index contributed by atoms with van der Waals surface area (Å²) < 4.78 is 10.5. The number of carbonyl (C=O) groups excluding carboxylic acids is 5. The van der Waals surface area contributed by atoms with Gasteiger partial charge in [0.05, 0.1) is 42.6 Å². The molecule has 2 aliphatic carbocycles. The first-order valence-corrected chi connectivity index (χ1v) is 15.8. The van der Waals surface area contributed by atoms with Crippen molar-refractivity contribution in [1.29, 1.82) is 0 Å². The van der Waals surface area contributed by atoms with E-state index in [0.29, 0.717) is 32.3 Å². The smallest absolute Gasteiger partial charge is 0.423 e. The fourth-order valence-corrected chi connectivity index (χ4v) is 8.59. The van der Waals surface area contributed by atoms with Crippen molar-refractivity contribution >= 4 is 47.0 Å². The van der Waals surface area contributed by atoms with E-state index in [1.165, 1.54) is 0 Å². The number of fused-ring (bicyclic) bond motifs is 4. The summed E-state index contributed by atoms with van der Waals surface area (Å²) in [5.41, 5.74) is 0.269. The molecular formula is C36H31ClN2O8. The summed E-state index contributed by atoms with van der Waals surface area (Å²) in [6, 6.07) is 20.5. The zero-order valence-electron chi connectivity index (χ0n) is 25.6. The van der Waals surface area contributed by atoms with Gasteiger partial charge in [0.25, 0.3) is 0 Å². The largest absolute Gasteiger partial charge is 0.504 e. The Balaban J connectivity index is 1.51. The lowest BCUT2D eigenvalue weighted by Gasteiger charge is -2.50. The minimum absolute atomic E-state index is 0.0416. The SMILES string of the molecule is CCOc1cccc(C2C3=CCC4C(=O)N(C(=O)OC)C(=O)C4C3CC3C(=O)N(c4cccc(Cl)c4)C(=O)C32c2ccccc2)c1O. The van der Waals surface area contributed by atoms with Gasteiger partial charge in [-0.3, -0.25) is 19.2 Å². The maximum atomic E-state index is 15.2. The van der Waals surface area contributed by atoms with Gasteiger partial charge in [0, 0.05) is 16.5 Å². The van der Waals surface area contributed by atoms with Crippen LogP contribution in [0.1, 0.15) is 36.8 Å². The lowest BCUT2D eigenvalue weighted by molar-refractivity contribution is -0.138. The van der Waals surface area contributed by atoms with E-state index in [2.05, 4.69) is 0 Å². The van der Waals surface area contributed by atoms with E-state index >= 15 is 4.79 Å². The molecule has 6 unspecified atom stereocenters. The highest BCUT2D eigenvalue weighted by molar-refractivity contribution is 6.32. The molecule has 10 nitrogen and oxygen atoms in total. The van der Waals surface area contributed by atoms with Crippen LogP contribution in [0.2, 0.25) is 5.02 Å². The van der Waals surface area contributed by atoms with Crippen LogP contribution in [0, 0.1) is 23.7 Å². The zero-order valence-corrected chi connectivity index (χ0v) is 26.3. The molecule has 2 heterocycles. The Bertz CT molecular complexity index is 1880. The number of ether oxygens (including phenoxy) is 2. The van der Waals surface area contributed by atoms with E-state index in [1.54, 1.807) is 73.7 Å². The van der Waals surface area contributed by atoms with Crippen molar-refractivity contribution < 1.29 is 38.6 Å². The number of para-hydroxylation sites is 1. The van der Waals surface area contributed by atoms with Gasteiger partial charge in [-0.1, -0.05) is 71.8 Å². The van der Waals surface area contributed by atoms with E-state index in [1.807, 2.05) is 12.1 Å². The quantitative estimate of drug-likeness (QED) is 0.287. The maximum Gasteiger partial charge on any atom is 0.423 e. The van der Waals surface area contributed by atoms with Crippen LogP contribution < -0.4 is 9.64 Å². The van der Waals surface area contributed by atoms with Gasteiger partial charge in [-0.2, -0.15) is 4.90 Å². The van der Waals surface area contributed by atoms with Gasteiger partial charge < -0.3 is 14.6 Å². The first-order chi connectivity index (χ1) is 22.7. The Morgan fingerprint density at radius 1 is 0.957 bits per heavy atom. The average molecular weight is 655 g/mol. The number of aromatic hydroxyl groups is 1. The number of benzene rings is 3. The maximum absolute atomic E-state index is 15.2. The van der Waals surface area contributed by atoms with Crippen LogP contribution in [0.15, 0.2) is 84.4 Å². The molecule has 240 valence electrons. The number of allylic oxidation sites excluding steroid dienone is 2. The molecule has 0 radical (unpaired) electrons. The van der Waals surface area contributed by atoms with E-state index in [-0.39, 0.29) is 30.9 Å². The molecule has 47 heavy (non-hydrogen) atoms. The van der Waals surface area contributed by atoms with Crippen molar-refractivity contribution in [2.75, 3.05) is 18.6 Å². The fourth-order valence-electron chi connectivity index (χ4n) is 8.40. The summed E-state index contributed by atoms with van der Waals surface area (Å²) in [6.07, 6.45) is 0.936. The van der Waals surface area contributed by atoms with Crippen LogP contribution in [0.3, 0.4) is 0 Å². The zero-order chi connectivity index (χ0) is 33.2. The van der Waals surface area contributed by atoms with Crippen molar-refractivity contribution in [3.63, 3.8) is 0 Å². The number of rotatable bonds is 5. The second-order valence-electron chi connectivity index (χ2n) is 12.2. The molecule has 2 saturated heterocycles. The van der Waals surface area contributed by atoms with Crippen molar-refractivity contribution in [3.8, 4) is 11.5 Å². The summed E-state index contributed by atoms with van der Waals surface area (Å²) >= 11 is 6.34. The predicted molar refractivity (Wildman–Crippen MR) is 170 cm³/mol. The molecule has 2 aliphatic heterocycles. The highest BCUT2D eigenvalue weighted by atomic mass is 35.5. The Kier molecular flexibility index (Phi) is 7.43. The monoisotopic (exact) mass is 654 g/mol. The van der Waals surface area contributed by atoms with Gasteiger partial charge in [-0.25, -0.2) is 9.69 Å². The third-order valence-electron chi connectivity index (χ3n) is 10.2. The molecule has 11 heteroatoms. The number of carbonyl (C=O) groups is 5. The Morgan fingerprint density at radius 3 is 2.40 bits per heavy atom. The number of hydrogen-bond donors (Lipinski definition) is 1. The van der Waals surface area contributed by atoms with Crippen molar-refractivity contribution in [3.05, 3.63) is 101 Å². The number of imide groups is 4. The molecule has 3 aromatic rings. The van der Waals surface area contributed by atoms with Crippen LogP contribution in [-0.2, 0) is 29.3 Å². The summed E-state index contributed by atoms with van der Waals surface area (Å²) in [6.45, 7) is 2.05. The van der Waals surface area contributed by atoms with Gasteiger partial charge in [0.2, 0.25) is 23.6 Å². The highest BCUT2D eigenvalue weighted by Crippen LogP contribution is 2.65. The number of halogens is 1. The average Bonchev–Trinajstić information content (AvgIpc) is 3.46. The van der Waals surface area contributed by atoms with Gasteiger partial charge in [0.1, 0.15) is 0 Å². The summed E-state index contributed by atoms with van der Waals surface area (Å²) in [5, 5.41) is 12.1. The molecule has 0 spiro atoms. The third kappa shape index (κ3) is 4.27. The number of nitrogens with zero attached hydrogens (tertiary/aromatic N) is 2. The third-order valence-corrected chi connectivity index (χ3v) is 10.4. The first-order valence-electron chi connectivity index (χ1n) is 15.5. The van der Waals surface area contributed by atoms with Gasteiger partial charge >= 0.3 is 6.09 Å². The lowest BCUT2D eigenvalue weighted by atomic mass is 9.49. The standard InChI is InChI=1S/C36H31ClN2O8/c1-3-47-27-14-8-13-24(30(27)40)29-22-15-16-23-28(33(43)39(31(23)41)35(45)46-2)25(22)18-26-32(42)38(21-12-7-11-20(37)17-21)34(44)36(26,29)19-9-5-4-6-10-19/h4-15,17,23,25-26,28-29,40H,3,16,18H2,1-2H3. The second-order valence-corrected chi connectivity index (χ2v) is 12.6. The number of hydrogen-bond acceptors (Lipinski definition) is 8. The molecule has 4 aliphatic rings. The molecule has 7 rings (SSSR count). The molecule has 1 saturated carbocycles. The lowest BCUT2D eigenvalue weighted by Crippen LogP contribution is -2.53. The Labute approximate surface area is 275 Å². The number of amides is 5. The van der Waals surface area contributed by atoms with E-state index in [9.17, 15) is 24.3 Å². The van der Waals surface area contributed by atoms with E-state index in [4.69, 9.17) is 21.1 Å². The minimum Gasteiger partial charge on any atom is -0.504 e. The molecule has 6 atom stereocenters. The van der Waals surface area contributed by atoms with Crippen molar-refractivity contribution in [2.24, 2.45) is 23.7 Å². The van der Waals surface area contributed by atoms with E-state index in [0.717, 1.165) is 12.0 Å². The molecule has 3 aromatic carbocycles. The summed E-state index contributed by atoms with van der Waals surface area (Å²) in [5.74, 6) is -6.85. The topological polar surface area (TPSA) is 131 Å². The molecule has 0 aromatic heterocycles. The van der Waals surface area contributed by atoms with E-state index < -0.39 is 64.7 Å². The van der Waals surface area contributed by atoms with Crippen LogP contribution in [0.25, 0.3) is 0 Å².